The Bertz CT molecular complexity index is 421. The number of halogens is 1. The number of hydrogen-bond donors (Lipinski definition) is 1. The van der Waals surface area contributed by atoms with Gasteiger partial charge in [0.1, 0.15) is 6.04 Å². The summed E-state index contributed by atoms with van der Waals surface area (Å²) in [4.78, 5) is 11.9. The summed E-state index contributed by atoms with van der Waals surface area (Å²) in [7, 11) is 1.43. The van der Waals surface area contributed by atoms with Crippen LogP contribution in [0.15, 0.2) is 24.3 Å². The lowest BCUT2D eigenvalue weighted by molar-refractivity contribution is -0.142. The standard InChI is InChI=1S/C13H16ClNO2S/c1-17-13(16)12(9-5-6-18-8-9)15-11-4-2-3-10(14)7-11/h2-4,7,9,12,15H,5-6,8H2,1H3. The molecule has 0 spiro atoms. The minimum Gasteiger partial charge on any atom is -0.467 e. The van der Waals surface area contributed by atoms with Crippen molar-refractivity contribution in [3.63, 3.8) is 0 Å². The van der Waals surface area contributed by atoms with Gasteiger partial charge in [0.15, 0.2) is 0 Å². The normalized spacial score (nSPS) is 20.4. The predicted molar refractivity (Wildman–Crippen MR) is 76.3 cm³/mol. The summed E-state index contributed by atoms with van der Waals surface area (Å²) >= 11 is 7.82. The van der Waals surface area contributed by atoms with E-state index in [0.29, 0.717) is 10.9 Å². The molecule has 0 amide bonds. The van der Waals surface area contributed by atoms with Crippen molar-refractivity contribution in [2.24, 2.45) is 5.92 Å². The Balaban J connectivity index is 2.11. The first kappa shape index (κ1) is 13.6. The molecular weight excluding hydrogens is 270 g/mol. The van der Waals surface area contributed by atoms with Crippen molar-refractivity contribution in [1.82, 2.24) is 0 Å². The summed E-state index contributed by atoms with van der Waals surface area (Å²) in [5.41, 5.74) is 0.856. The van der Waals surface area contributed by atoms with Gasteiger partial charge in [-0.3, -0.25) is 0 Å². The Labute approximate surface area is 116 Å². The highest BCUT2D eigenvalue weighted by molar-refractivity contribution is 7.99. The van der Waals surface area contributed by atoms with Gasteiger partial charge in [0.25, 0.3) is 0 Å². The quantitative estimate of drug-likeness (QED) is 0.863. The van der Waals surface area contributed by atoms with Crippen LogP contribution in [0.3, 0.4) is 0 Å². The van der Waals surface area contributed by atoms with E-state index < -0.39 is 0 Å². The van der Waals surface area contributed by atoms with Crippen molar-refractivity contribution >= 4 is 35.0 Å². The van der Waals surface area contributed by atoms with E-state index in [2.05, 4.69) is 5.32 Å². The zero-order chi connectivity index (χ0) is 13.0. The molecule has 1 saturated heterocycles. The van der Waals surface area contributed by atoms with Gasteiger partial charge in [-0.25, -0.2) is 4.79 Å². The van der Waals surface area contributed by atoms with Gasteiger partial charge in [-0.15, -0.1) is 0 Å². The molecule has 1 aliphatic rings. The fourth-order valence-electron chi connectivity index (χ4n) is 2.07. The minimum atomic E-state index is -0.288. The molecule has 0 radical (unpaired) electrons. The van der Waals surface area contributed by atoms with Crippen LogP contribution < -0.4 is 5.32 Å². The molecular formula is C13H16ClNO2S. The predicted octanol–water partition coefficient (Wildman–Crippen LogP) is 3.05. The SMILES string of the molecule is COC(=O)C(Nc1cccc(Cl)c1)C1CCSC1. The van der Waals surface area contributed by atoms with Gasteiger partial charge in [0.2, 0.25) is 0 Å². The number of methoxy groups -OCH3 is 1. The average Bonchev–Trinajstić information content (AvgIpc) is 2.89. The van der Waals surface area contributed by atoms with Crippen LogP contribution in [0.1, 0.15) is 6.42 Å². The van der Waals surface area contributed by atoms with E-state index >= 15 is 0 Å². The first-order valence-corrected chi connectivity index (χ1v) is 7.41. The van der Waals surface area contributed by atoms with Crippen LogP contribution in [0.5, 0.6) is 0 Å². The van der Waals surface area contributed by atoms with Gasteiger partial charge in [0, 0.05) is 10.7 Å². The molecule has 3 nitrogen and oxygen atoms in total. The fraction of sp³-hybridized carbons (Fsp3) is 0.462. The van der Waals surface area contributed by atoms with Gasteiger partial charge in [-0.1, -0.05) is 17.7 Å². The van der Waals surface area contributed by atoms with E-state index in [-0.39, 0.29) is 12.0 Å². The molecule has 1 aromatic rings. The molecule has 1 heterocycles. The maximum absolute atomic E-state index is 11.9. The third-order valence-electron chi connectivity index (χ3n) is 3.04. The lowest BCUT2D eigenvalue weighted by atomic mass is 9.99. The number of thioether (sulfide) groups is 1. The Kier molecular flexibility index (Phi) is 4.78. The van der Waals surface area contributed by atoms with Crippen LogP contribution in [0.2, 0.25) is 5.02 Å². The molecule has 2 atom stereocenters. The number of nitrogens with one attached hydrogen (secondary N) is 1. The van der Waals surface area contributed by atoms with Crippen LogP contribution >= 0.6 is 23.4 Å². The van der Waals surface area contributed by atoms with Gasteiger partial charge < -0.3 is 10.1 Å². The maximum Gasteiger partial charge on any atom is 0.328 e. The minimum absolute atomic E-state index is 0.206. The zero-order valence-electron chi connectivity index (χ0n) is 10.2. The van der Waals surface area contributed by atoms with Crippen molar-refractivity contribution in [3.05, 3.63) is 29.3 Å². The van der Waals surface area contributed by atoms with Crippen molar-refractivity contribution in [1.29, 1.82) is 0 Å². The highest BCUT2D eigenvalue weighted by atomic mass is 35.5. The lowest BCUT2D eigenvalue weighted by Gasteiger charge is -2.22. The van der Waals surface area contributed by atoms with Crippen LogP contribution in [-0.2, 0) is 9.53 Å². The first-order valence-electron chi connectivity index (χ1n) is 5.88. The van der Waals surface area contributed by atoms with Gasteiger partial charge in [-0.2, -0.15) is 11.8 Å². The second-order valence-corrected chi connectivity index (χ2v) is 5.87. The number of hydrogen-bond acceptors (Lipinski definition) is 4. The van der Waals surface area contributed by atoms with Crippen LogP contribution in [0.4, 0.5) is 5.69 Å². The Morgan fingerprint density at radius 2 is 2.44 bits per heavy atom. The highest BCUT2D eigenvalue weighted by Gasteiger charge is 2.31. The first-order chi connectivity index (χ1) is 8.70. The molecule has 1 N–H and O–H groups in total. The molecule has 0 aromatic heterocycles. The molecule has 0 bridgehead atoms. The summed E-state index contributed by atoms with van der Waals surface area (Å²) in [5, 5.41) is 3.90. The summed E-state index contributed by atoms with van der Waals surface area (Å²) < 4.78 is 4.88. The van der Waals surface area contributed by atoms with E-state index in [0.717, 1.165) is 23.6 Å². The number of rotatable bonds is 4. The lowest BCUT2D eigenvalue weighted by Crippen LogP contribution is -2.38. The highest BCUT2D eigenvalue weighted by Crippen LogP contribution is 2.29. The summed E-state index contributed by atoms with van der Waals surface area (Å²) in [6.45, 7) is 0. The largest absolute Gasteiger partial charge is 0.467 e. The molecule has 1 aromatic carbocycles. The third-order valence-corrected chi connectivity index (χ3v) is 4.46. The van der Waals surface area contributed by atoms with Crippen molar-refractivity contribution < 1.29 is 9.53 Å². The molecule has 1 aliphatic heterocycles. The number of esters is 1. The Morgan fingerprint density at radius 1 is 1.61 bits per heavy atom. The fourth-order valence-corrected chi connectivity index (χ4v) is 3.56. The Morgan fingerprint density at radius 3 is 3.06 bits per heavy atom. The second-order valence-electron chi connectivity index (χ2n) is 4.28. The summed E-state index contributed by atoms with van der Waals surface area (Å²) in [6, 6.07) is 7.11. The number of carbonyl (C=O) groups excluding carboxylic acids is 1. The van der Waals surface area contributed by atoms with Crippen LogP contribution in [0.25, 0.3) is 0 Å². The van der Waals surface area contributed by atoms with E-state index in [9.17, 15) is 4.79 Å². The van der Waals surface area contributed by atoms with Gasteiger partial charge >= 0.3 is 5.97 Å². The van der Waals surface area contributed by atoms with Crippen molar-refractivity contribution in [2.75, 3.05) is 23.9 Å². The molecule has 18 heavy (non-hydrogen) atoms. The van der Waals surface area contributed by atoms with Crippen LogP contribution in [-0.4, -0.2) is 30.6 Å². The van der Waals surface area contributed by atoms with Crippen LogP contribution in [0, 0.1) is 5.92 Å². The molecule has 2 rings (SSSR count). The number of anilines is 1. The summed E-state index contributed by atoms with van der Waals surface area (Å²) in [5.74, 6) is 2.21. The molecule has 5 heteroatoms. The molecule has 98 valence electrons. The third kappa shape index (κ3) is 3.33. The van der Waals surface area contributed by atoms with Crippen molar-refractivity contribution in [2.45, 2.75) is 12.5 Å². The van der Waals surface area contributed by atoms with Gasteiger partial charge in [0.05, 0.1) is 7.11 Å². The van der Waals surface area contributed by atoms with Crippen molar-refractivity contribution in [3.8, 4) is 0 Å². The average molecular weight is 286 g/mol. The Hall–Kier alpha value is -0.870. The van der Waals surface area contributed by atoms with E-state index in [1.54, 1.807) is 0 Å². The topological polar surface area (TPSA) is 38.3 Å². The molecule has 1 fully saturated rings. The maximum atomic E-state index is 11.9. The monoisotopic (exact) mass is 285 g/mol. The number of ether oxygens (including phenoxy) is 1. The number of carbonyl (C=O) groups is 1. The molecule has 2 unspecified atom stereocenters. The number of benzene rings is 1. The summed E-state index contributed by atoms with van der Waals surface area (Å²) in [6.07, 6.45) is 1.04. The smallest absolute Gasteiger partial charge is 0.328 e. The van der Waals surface area contributed by atoms with E-state index in [1.165, 1.54) is 7.11 Å². The molecule has 0 aliphatic carbocycles. The van der Waals surface area contributed by atoms with E-state index in [4.69, 9.17) is 16.3 Å². The van der Waals surface area contributed by atoms with Gasteiger partial charge in [-0.05, 0) is 42.0 Å². The zero-order valence-corrected chi connectivity index (χ0v) is 11.8. The van der Waals surface area contributed by atoms with E-state index in [1.807, 2.05) is 36.0 Å². The molecule has 0 saturated carbocycles. The second kappa shape index (κ2) is 6.34.